The minimum absolute atomic E-state index is 0.187. The van der Waals surface area contributed by atoms with Gasteiger partial charge in [-0.25, -0.2) is 4.39 Å². The summed E-state index contributed by atoms with van der Waals surface area (Å²) >= 11 is 0. The molecular weight excluding hydrogens is 313 g/mol. The number of amides is 1. The smallest absolute Gasteiger partial charge is 0.224 e. The van der Waals surface area contributed by atoms with E-state index in [2.05, 4.69) is 5.32 Å². The van der Waals surface area contributed by atoms with Crippen LogP contribution in [-0.2, 0) is 11.2 Å². The maximum Gasteiger partial charge on any atom is 0.224 e. The number of carbonyl (C=O) groups is 1. The molecule has 0 aliphatic rings. The van der Waals surface area contributed by atoms with Gasteiger partial charge in [-0.15, -0.1) is 0 Å². The van der Waals surface area contributed by atoms with Crippen LogP contribution in [-0.4, -0.2) is 27.2 Å². The number of hydrogen-bond donors (Lipinski definition) is 1. The maximum atomic E-state index is 13.1. The molecule has 0 aromatic heterocycles. The first-order valence-electron chi connectivity index (χ1n) is 7.41. The topological polar surface area (TPSA) is 56.8 Å². The third-order valence-corrected chi connectivity index (χ3v) is 3.48. The molecule has 0 aliphatic carbocycles. The van der Waals surface area contributed by atoms with Crippen molar-refractivity contribution in [3.63, 3.8) is 0 Å². The lowest BCUT2D eigenvalue weighted by atomic mass is 10.1. The summed E-state index contributed by atoms with van der Waals surface area (Å²) in [7, 11) is 4.53. The van der Waals surface area contributed by atoms with E-state index >= 15 is 0 Å². The Morgan fingerprint density at radius 2 is 1.71 bits per heavy atom. The highest BCUT2D eigenvalue weighted by atomic mass is 19.1. The van der Waals surface area contributed by atoms with E-state index in [9.17, 15) is 9.18 Å². The second-order valence-corrected chi connectivity index (χ2v) is 5.09. The van der Waals surface area contributed by atoms with Gasteiger partial charge in [0.15, 0.2) is 11.5 Å². The minimum atomic E-state index is -0.308. The van der Waals surface area contributed by atoms with E-state index in [0.717, 1.165) is 5.56 Å². The molecule has 0 bridgehead atoms. The lowest BCUT2D eigenvalue weighted by Gasteiger charge is -2.14. The average molecular weight is 333 g/mol. The lowest BCUT2D eigenvalue weighted by Crippen LogP contribution is -2.12. The summed E-state index contributed by atoms with van der Waals surface area (Å²) in [6, 6.07) is 9.52. The van der Waals surface area contributed by atoms with Crippen LogP contribution in [0.15, 0.2) is 36.4 Å². The Bertz CT molecular complexity index is 693. The van der Waals surface area contributed by atoms with Crippen LogP contribution in [0.5, 0.6) is 17.2 Å². The summed E-state index contributed by atoms with van der Waals surface area (Å²) < 4.78 is 28.9. The summed E-state index contributed by atoms with van der Waals surface area (Å²) in [6.45, 7) is 0. The average Bonchev–Trinajstić information content (AvgIpc) is 2.59. The minimum Gasteiger partial charge on any atom is -0.493 e. The van der Waals surface area contributed by atoms with E-state index in [0.29, 0.717) is 29.4 Å². The number of carbonyl (C=O) groups excluding carboxylic acids is 1. The summed E-state index contributed by atoms with van der Waals surface area (Å²) in [5.74, 6) is 0.874. The van der Waals surface area contributed by atoms with Crippen LogP contribution in [0.3, 0.4) is 0 Å². The summed E-state index contributed by atoms with van der Waals surface area (Å²) in [5.41, 5.74) is 1.31. The predicted octanol–water partition coefficient (Wildman–Crippen LogP) is 3.42. The summed E-state index contributed by atoms with van der Waals surface area (Å²) in [5, 5.41) is 2.78. The Labute approximate surface area is 140 Å². The van der Waals surface area contributed by atoms with Crippen molar-refractivity contribution in [3.8, 4) is 17.2 Å². The number of aryl methyl sites for hydroxylation is 1. The molecular formula is C18H20FNO4. The van der Waals surface area contributed by atoms with Gasteiger partial charge in [0.2, 0.25) is 11.7 Å². The fraction of sp³-hybridized carbons (Fsp3) is 0.278. The second kappa shape index (κ2) is 8.19. The highest BCUT2D eigenvalue weighted by Gasteiger charge is 2.14. The van der Waals surface area contributed by atoms with Crippen molar-refractivity contribution in [2.24, 2.45) is 0 Å². The number of nitrogens with one attached hydrogen (secondary N) is 1. The van der Waals surface area contributed by atoms with Gasteiger partial charge in [0.1, 0.15) is 5.82 Å². The maximum absolute atomic E-state index is 13.1. The zero-order valence-electron chi connectivity index (χ0n) is 13.9. The van der Waals surface area contributed by atoms with Gasteiger partial charge in [0.25, 0.3) is 0 Å². The quantitative estimate of drug-likeness (QED) is 0.843. The van der Waals surface area contributed by atoms with Crippen molar-refractivity contribution in [1.82, 2.24) is 0 Å². The SMILES string of the molecule is COc1cc(NC(=O)CCc2cccc(F)c2)cc(OC)c1OC. The zero-order valence-corrected chi connectivity index (χ0v) is 13.9. The molecule has 0 saturated heterocycles. The van der Waals surface area contributed by atoms with Gasteiger partial charge in [-0.1, -0.05) is 12.1 Å². The first-order chi connectivity index (χ1) is 11.6. The van der Waals surface area contributed by atoms with Crippen molar-refractivity contribution in [3.05, 3.63) is 47.8 Å². The van der Waals surface area contributed by atoms with Gasteiger partial charge in [0.05, 0.1) is 21.3 Å². The van der Waals surface area contributed by atoms with Gasteiger partial charge in [0, 0.05) is 24.2 Å². The molecule has 6 heteroatoms. The molecule has 128 valence electrons. The largest absolute Gasteiger partial charge is 0.493 e. The van der Waals surface area contributed by atoms with E-state index in [1.165, 1.54) is 33.5 Å². The molecule has 24 heavy (non-hydrogen) atoms. The van der Waals surface area contributed by atoms with E-state index in [1.807, 2.05) is 0 Å². The highest BCUT2D eigenvalue weighted by molar-refractivity contribution is 5.91. The number of halogens is 1. The Hall–Kier alpha value is -2.76. The van der Waals surface area contributed by atoms with Crippen LogP contribution >= 0.6 is 0 Å². The highest BCUT2D eigenvalue weighted by Crippen LogP contribution is 2.39. The van der Waals surface area contributed by atoms with E-state index < -0.39 is 0 Å². The molecule has 2 aromatic rings. The number of ether oxygens (including phenoxy) is 3. The van der Waals surface area contributed by atoms with Gasteiger partial charge < -0.3 is 19.5 Å². The van der Waals surface area contributed by atoms with Crippen molar-refractivity contribution in [2.75, 3.05) is 26.6 Å². The molecule has 2 rings (SSSR count). The number of methoxy groups -OCH3 is 3. The standard InChI is InChI=1S/C18H20FNO4/c1-22-15-10-14(11-16(23-2)18(15)24-3)20-17(21)8-7-12-5-4-6-13(19)9-12/h4-6,9-11H,7-8H2,1-3H3,(H,20,21). The van der Waals surface area contributed by atoms with Crippen molar-refractivity contribution < 1.29 is 23.4 Å². The summed E-state index contributed by atoms with van der Waals surface area (Å²) in [6.07, 6.45) is 0.689. The van der Waals surface area contributed by atoms with Crippen LogP contribution < -0.4 is 19.5 Å². The Balaban J connectivity index is 2.05. The molecule has 0 atom stereocenters. The molecule has 5 nitrogen and oxygen atoms in total. The number of benzene rings is 2. The molecule has 0 unspecified atom stereocenters. The molecule has 0 radical (unpaired) electrons. The third-order valence-electron chi connectivity index (χ3n) is 3.48. The molecule has 0 spiro atoms. The lowest BCUT2D eigenvalue weighted by molar-refractivity contribution is -0.116. The normalized spacial score (nSPS) is 10.2. The number of rotatable bonds is 7. The molecule has 2 aromatic carbocycles. The fourth-order valence-electron chi connectivity index (χ4n) is 2.33. The zero-order chi connectivity index (χ0) is 17.5. The number of anilines is 1. The van der Waals surface area contributed by atoms with Gasteiger partial charge in [-0.2, -0.15) is 0 Å². The van der Waals surface area contributed by atoms with Crippen molar-refractivity contribution in [1.29, 1.82) is 0 Å². The molecule has 1 N–H and O–H groups in total. The predicted molar refractivity (Wildman–Crippen MR) is 89.4 cm³/mol. The van der Waals surface area contributed by atoms with Gasteiger partial charge in [-0.3, -0.25) is 4.79 Å². The monoisotopic (exact) mass is 333 g/mol. The van der Waals surface area contributed by atoms with E-state index in [-0.39, 0.29) is 18.1 Å². The van der Waals surface area contributed by atoms with Crippen molar-refractivity contribution >= 4 is 11.6 Å². The van der Waals surface area contributed by atoms with Crippen LogP contribution in [0.2, 0.25) is 0 Å². The Morgan fingerprint density at radius 1 is 1.04 bits per heavy atom. The van der Waals surface area contributed by atoms with Gasteiger partial charge in [-0.05, 0) is 24.1 Å². The second-order valence-electron chi connectivity index (χ2n) is 5.09. The molecule has 0 heterocycles. The Kier molecular flexibility index (Phi) is 6.01. The van der Waals surface area contributed by atoms with Crippen LogP contribution in [0.4, 0.5) is 10.1 Å². The fourth-order valence-corrected chi connectivity index (χ4v) is 2.33. The first kappa shape index (κ1) is 17.6. The van der Waals surface area contributed by atoms with E-state index in [4.69, 9.17) is 14.2 Å². The molecule has 1 amide bonds. The summed E-state index contributed by atoms with van der Waals surface area (Å²) in [4.78, 5) is 12.1. The Morgan fingerprint density at radius 3 is 2.25 bits per heavy atom. The van der Waals surface area contributed by atoms with Crippen LogP contribution in [0.1, 0.15) is 12.0 Å². The van der Waals surface area contributed by atoms with Crippen LogP contribution in [0.25, 0.3) is 0 Å². The molecule has 0 fully saturated rings. The third kappa shape index (κ3) is 4.38. The van der Waals surface area contributed by atoms with E-state index in [1.54, 1.807) is 24.3 Å². The van der Waals surface area contributed by atoms with Crippen molar-refractivity contribution in [2.45, 2.75) is 12.8 Å². The number of hydrogen-bond acceptors (Lipinski definition) is 4. The molecule has 0 saturated carbocycles. The van der Waals surface area contributed by atoms with Gasteiger partial charge >= 0.3 is 0 Å². The molecule has 0 aliphatic heterocycles. The first-order valence-corrected chi connectivity index (χ1v) is 7.41. The van der Waals surface area contributed by atoms with Crippen LogP contribution in [0, 0.1) is 5.82 Å².